The van der Waals surface area contributed by atoms with Crippen molar-refractivity contribution in [2.45, 2.75) is 26.1 Å². The number of alkyl halides is 3. The number of benzene rings is 1. The zero-order chi connectivity index (χ0) is 15.0. The second-order valence-corrected chi connectivity index (χ2v) is 4.43. The summed E-state index contributed by atoms with van der Waals surface area (Å²) < 4.78 is 44.0. The fraction of sp³-hybridized carbons (Fsp3) is 0.429. The van der Waals surface area contributed by atoms with E-state index >= 15 is 0 Å². The molecular weight excluding hydrogens is 291 g/mol. The van der Waals surface area contributed by atoms with Gasteiger partial charge in [-0.15, -0.1) is 0 Å². The molecule has 6 heteroatoms. The summed E-state index contributed by atoms with van der Waals surface area (Å²) >= 11 is 5.30. The van der Waals surface area contributed by atoms with Crippen molar-refractivity contribution in [1.82, 2.24) is 5.32 Å². The molecule has 0 aliphatic heterocycles. The van der Waals surface area contributed by atoms with E-state index in [1.165, 1.54) is 17.7 Å². The largest absolute Gasteiger partial charge is 0.489 e. The van der Waals surface area contributed by atoms with E-state index in [2.05, 4.69) is 5.32 Å². The minimum atomic E-state index is -4.44. The van der Waals surface area contributed by atoms with Crippen LogP contribution in [0.2, 0.25) is 0 Å². The van der Waals surface area contributed by atoms with Gasteiger partial charge in [0.1, 0.15) is 12.4 Å². The van der Waals surface area contributed by atoms with E-state index in [1.54, 1.807) is 6.07 Å². The number of rotatable bonds is 7. The molecule has 0 saturated carbocycles. The first kappa shape index (κ1) is 16.9. The van der Waals surface area contributed by atoms with E-state index in [0.717, 1.165) is 19.0 Å². The van der Waals surface area contributed by atoms with Gasteiger partial charge in [-0.2, -0.15) is 13.2 Å². The third kappa shape index (κ3) is 5.43. The van der Waals surface area contributed by atoms with Gasteiger partial charge >= 0.3 is 6.18 Å². The molecule has 0 atom stereocenters. The average molecular weight is 308 g/mol. The highest BCUT2D eigenvalue weighted by Gasteiger charge is 2.34. The Balaban J connectivity index is 2.89. The summed E-state index contributed by atoms with van der Waals surface area (Å²) in [7, 11) is 0. The van der Waals surface area contributed by atoms with Crippen molar-refractivity contribution in [3.63, 3.8) is 0 Å². The van der Waals surface area contributed by atoms with Gasteiger partial charge in [0.25, 0.3) is 0 Å². The SMILES string of the molecule is CCCNCc1ccc(OCC=CCl)c(C(F)(F)F)c1. The van der Waals surface area contributed by atoms with Crippen molar-refractivity contribution in [2.75, 3.05) is 13.2 Å². The summed E-state index contributed by atoms with van der Waals surface area (Å²) in [6.07, 6.45) is -2.09. The van der Waals surface area contributed by atoms with Crippen molar-refractivity contribution in [2.24, 2.45) is 0 Å². The Morgan fingerprint density at radius 1 is 1.35 bits per heavy atom. The lowest BCUT2D eigenvalue weighted by Gasteiger charge is -2.15. The monoisotopic (exact) mass is 307 g/mol. The lowest BCUT2D eigenvalue weighted by atomic mass is 10.1. The molecule has 2 nitrogen and oxygen atoms in total. The van der Waals surface area contributed by atoms with E-state index in [1.807, 2.05) is 6.92 Å². The molecule has 0 heterocycles. The number of hydrogen-bond donors (Lipinski definition) is 1. The number of halogens is 4. The standard InChI is InChI=1S/C14H17ClF3NO/c1-2-7-19-10-11-4-5-13(20-8-3-6-15)12(9-11)14(16,17)18/h3-6,9,19H,2,7-8,10H2,1H3. The first-order chi connectivity index (χ1) is 9.49. The zero-order valence-corrected chi connectivity index (χ0v) is 11.9. The Labute approximate surface area is 121 Å². The second-order valence-electron chi connectivity index (χ2n) is 4.18. The maximum absolute atomic E-state index is 13.0. The van der Waals surface area contributed by atoms with Crippen LogP contribution in [0.25, 0.3) is 0 Å². The summed E-state index contributed by atoms with van der Waals surface area (Å²) in [5.74, 6) is -0.188. The fourth-order valence-electron chi connectivity index (χ4n) is 1.62. The molecule has 0 fully saturated rings. The molecule has 1 aromatic carbocycles. The van der Waals surface area contributed by atoms with Crippen LogP contribution in [0.15, 0.2) is 29.8 Å². The van der Waals surface area contributed by atoms with Crippen LogP contribution in [-0.2, 0) is 12.7 Å². The van der Waals surface area contributed by atoms with Crippen molar-refractivity contribution in [3.05, 3.63) is 40.9 Å². The van der Waals surface area contributed by atoms with Crippen LogP contribution < -0.4 is 10.1 Å². The molecule has 0 aliphatic rings. The van der Waals surface area contributed by atoms with Crippen LogP contribution in [0, 0.1) is 0 Å². The van der Waals surface area contributed by atoms with E-state index in [9.17, 15) is 13.2 Å². The Bertz CT molecular complexity index is 447. The minimum absolute atomic E-state index is 0.0000113. The van der Waals surface area contributed by atoms with Crippen molar-refractivity contribution in [1.29, 1.82) is 0 Å². The van der Waals surface area contributed by atoms with Crippen LogP contribution in [0.4, 0.5) is 13.2 Å². The highest BCUT2D eigenvalue weighted by molar-refractivity contribution is 6.25. The lowest BCUT2D eigenvalue weighted by molar-refractivity contribution is -0.138. The van der Waals surface area contributed by atoms with Gasteiger partial charge in [-0.05, 0) is 36.7 Å². The second kappa shape index (κ2) is 8.17. The number of ether oxygens (including phenoxy) is 1. The van der Waals surface area contributed by atoms with E-state index < -0.39 is 11.7 Å². The topological polar surface area (TPSA) is 21.3 Å². The van der Waals surface area contributed by atoms with Gasteiger partial charge in [-0.25, -0.2) is 0 Å². The molecule has 0 unspecified atom stereocenters. The number of nitrogens with one attached hydrogen (secondary N) is 1. The van der Waals surface area contributed by atoms with Gasteiger partial charge in [-0.1, -0.05) is 24.6 Å². The predicted molar refractivity (Wildman–Crippen MR) is 73.9 cm³/mol. The predicted octanol–water partition coefficient (Wildman–Crippen LogP) is 4.34. The molecule has 0 amide bonds. The molecule has 0 aliphatic carbocycles. The molecule has 0 bridgehead atoms. The molecular formula is C14H17ClF3NO. The average Bonchev–Trinajstić information content (AvgIpc) is 2.39. The minimum Gasteiger partial charge on any atom is -0.489 e. The summed E-state index contributed by atoms with van der Waals surface area (Å²) in [6, 6.07) is 4.08. The van der Waals surface area contributed by atoms with E-state index in [-0.39, 0.29) is 12.4 Å². The van der Waals surface area contributed by atoms with Gasteiger partial charge in [0.15, 0.2) is 0 Å². The molecule has 1 rings (SSSR count). The summed E-state index contributed by atoms with van der Waals surface area (Å²) in [5, 5.41) is 3.06. The van der Waals surface area contributed by atoms with E-state index in [4.69, 9.17) is 16.3 Å². The molecule has 0 aromatic heterocycles. The fourth-order valence-corrected chi connectivity index (χ4v) is 1.69. The normalized spacial score (nSPS) is 12.1. The van der Waals surface area contributed by atoms with Gasteiger partial charge < -0.3 is 10.1 Å². The van der Waals surface area contributed by atoms with Crippen LogP contribution in [0.1, 0.15) is 24.5 Å². The van der Waals surface area contributed by atoms with Gasteiger partial charge in [-0.3, -0.25) is 0 Å². The molecule has 0 radical (unpaired) electrons. The van der Waals surface area contributed by atoms with Gasteiger partial charge in [0.05, 0.1) is 5.56 Å². The highest BCUT2D eigenvalue weighted by Crippen LogP contribution is 2.36. The van der Waals surface area contributed by atoms with Crippen molar-refractivity contribution in [3.8, 4) is 5.75 Å². The quantitative estimate of drug-likeness (QED) is 0.757. The molecule has 112 valence electrons. The molecule has 0 spiro atoms. The Hall–Kier alpha value is -1.20. The third-order valence-electron chi connectivity index (χ3n) is 2.53. The molecule has 0 saturated heterocycles. The Morgan fingerprint density at radius 2 is 2.10 bits per heavy atom. The van der Waals surface area contributed by atoms with Crippen molar-refractivity contribution < 1.29 is 17.9 Å². The van der Waals surface area contributed by atoms with E-state index in [0.29, 0.717) is 12.1 Å². The maximum Gasteiger partial charge on any atom is 0.419 e. The molecule has 1 aromatic rings. The lowest BCUT2D eigenvalue weighted by Crippen LogP contribution is -2.15. The summed E-state index contributed by atoms with van der Waals surface area (Å²) in [5.41, 5.74) is 1.01. The van der Waals surface area contributed by atoms with Crippen LogP contribution in [0.5, 0.6) is 5.75 Å². The molecule has 20 heavy (non-hydrogen) atoms. The third-order valence-corrected chi connectivity index (χ3v) is 2.71. The van der Waals surface area contributed by atoms with Crippen LogP contribution in [0.3, 0.4) is 0 Å². The maximum atomic E-state index is 13.0. The smallest absolute Gasteiger partial charge is 0.419 e. The first-order valence-electron chi connectivity index (χ1n) is 6.28. The zero-order valence-electron chi connectivity index (χ0n) is 11.1. The van der Waals surface area contributed by atoms with Gasteiger partial charge in [0.2, 0.25) is 0 Å². The Kier molecular flexibility index (Phi) is 6.88. The summed E-state index contributed by atoms with van der Waals surface area (Å²) in [6.45, 7) is 3.16. The van der Waals surface area contributed by atoms with Gasteiger partial charge in [0, 0.05) is 12.1 Å². The highest BCUT2D eigenvalue weighted by atomic mass is 35.5. The van der Waals surface area contributed by atoms with Crippen LogP contribution in [-0.4, -0.2) is 13.2 Å². The first-order valence-corrected chi connectivity index (χ1v) is 6.71. The Morgan fingerprint density at radius 3 is 2.70 bits per heavy atom. The van der Waals surface area contributed by atoms with Crippen molar-refractivity contribution >= 4 is 11.6 Å². The number of hydrogen-bond acceptors (Lipinski definition) is 2. The van der Waals surface area contributed by atoms with Crippen LogP contribution >= 0.6 is 11.6 Å². The summed E-state index contributed by atoms with van der Waals surface area (Å²) in [4.78, 5) is 0. The molecule has 1 N–H and O–H groups in total.